The van der Waals surface area contributed by atoms with E-state index in [4.69, 9.17) is 0 Å². The van der Waals surface area contributed by atoms with Crippen molar-refractivity contribution in [3.8, 4) is 0 Å². The minimum atomic E-state index is -0.292. The number of β-amino-alcohol motifs (C(OH)–C–C–N with tert-alkyl or cyclic N) is 1. The van der Waals surface area contributed by atoms with Crippen LogP contribution in [0, 0.1) is 5.82 Å². The van der Waals surface area contributed by atoms with Crippen LogP contribution >= 0.6 is 39.9 Å². The largest absolute Gasteiger partial charge is 0.391 e. The number of aliphatic hydroxyl groups excluding tert-OH is 1. The van der Waals surface area contributed by atoms with Gasteiger partial charge in [-0.1, -0.05) is 15.9 Å². The fourth-order valence-corrected chi connectivity index (χ4v) is 2.56. The highest BCUT2D eigenvalue weighted by Crippen LogP contribution is 2.19. The summed E-state index contributed by atoms with van der Waals surface area (Å²) in [6, 6.07) is 4.59. The average Bonchev–Trinajstić information content (AvgIpc) is 2.84. The van der Waals surface area contributed by atoms with Crippen LogP contribution in [0.25, 0.3) is 0 Å². The molecule has 0 radical (unpaired) electrons. The van der Waals surface area contributed by atoms with Crippen LogP contribution in [0.3, 0.4) is 0 Å². The van der Waals surface area contributed by atoms with E-state index in [0.717, 1.165) is 35.5 Å². The van der Waals surface area contributed by atoms with E-state index in [1.807, 2.05) is 11.8 Å². The van der Waals surface area contributed by atoms with Gasteiger partial charge < -0.3 is 15.3 Å². The van der Waals surface area contributed by atoms with E-state index in [1.54, 1.807) is 6.07 Å². The van der Waals surface area contributed by atoms with Gasteiger partial charge in [0.15, 0.2) is 5.96 Å². The van der Waals surface area contributed by atoms with E-state index in [9.17, 15) is 9.50 Å². The summed E-state index contributed by atoms with van der Waals surface area (Å²) in [6.07, 6.45) is 0.466. The summed E-state index contributed by atoms with van der Waals surface area (Å²) in [5.74, 6) is 0.500. The standard InChI is InChI=1S/C14H19BrFN3O.HI/c1-2-17-14(19-6-5-12(20)9-19)18-8-10-7-11(16)3-4-13(10)15;/h3-4,7,12,20H,2,5-6,8-9H2,1H3,(H,17,18);1H/t12-;/m1./s1. The van der Waals surface area contributed by atoms with Crippen molar-refractivity contribution in [3.05, 3.63) is 34.1 Å². The number of likely N-dealkylation sites (tertiary alicyclic amines) is 1. The van der Waals surface area contributed by atoms with Crippen LogP contribution in [0.1, 0.15) is 18.9 Å². The second-order valence-electron chi connectivity index (χ2n) is 4.79. The van der Waals surface area contributed by atoms with Gasteiger partial charge in [-0.2, -0.15) is 0 Å². The van der Waals surface area contributed by atoms with E-state index in [0.29, 0.717) is 13.1 Å². The summed E-state index contributed by atoms with van der Waals surface area (Å²) in [5.41, 5.74) is 0.806. The Morgan fingerprint density at radius 3 is 2.95 bits per heavy atom. The van der Waals surface area contributed by atoms with E-state index >= 15 is 0 Å². The van der Waals surface area contributed by atoms with Gasteiger partial charge in [-0.05, 0) is 37.1 Å². The van der Waals surface area contributed by atoms with Crippen LogP contribution in [0.15, 0.2) is 27.7 Å². The highest BCUT2D eigenvalue weighted by atomic mass is 127. The van der Waals surface area contributed by atoms with E-state index in [-0.39, 0.29) is 35.9 Å². The molecule has 1 heterocycles. The SMILES string of the molecule is CCNC(=NCc1cc(F)ccc1Br)N1CC[C@@H](O)C1.I. The fraction of sp³-hybridized carbons (Fsp3) is 0.500. The lowest BCUT2D eigenvalue weighted by Gasteiger charge is -2.21. The molecule has 4 nitrogen and oxygen atoms in total. The molecular formula is C14H20BrFIN3O. The van der Waals surface area contributed by atoms with Crippen molar-refractivity contribution in [2.24, 2.45) is 4.99 Å². The van der Waals surface area contributed by atoms with Gasteiger partial charge in [-0.15, -0.1) is 24.0 Å². The third-order valence-corrected chi connectivity index (χ3v) is 3.98. The Kier molecular flexibility index (Phi) is 7.89. The van der Waals surface area contributed by atoms with Crippen LogP contribution in [0.5, 0.6) is 0 Å². The lowest BCUT2D eigenvalue weighted by molar-refractivity contribution is 0.188. The summed E-state index contributed by atoms with van der Waals surface area (Å²) in [5, 5.41) is 12.8. The molecule has 0 spiro atoms. The zero-order valence-electron chi connectivity index (χ0n) is 11.9. The van der Waals surface area contributed by atoms with Crippen molar-refractivity contribution in [3.63, 3.8) is 0 Å². The number of halogens is 3. The second kappa shape index (κ2) is 8.89. The molecule has 2 rings (SSSR count). The predicted octanol–water partition coefficient (Wildman–Crippen LogP) is 2.74. The topological polar surface area (TPSA) is 47.9 Å². The Hall–Kier alpha value is -0.410. The molecule has 0 unspecified atom stereocenters. The van der Waals surface area contributed by atoms with E-state index in [1.165, 1.54) is 12.1 Å². The maximum absolute atomic E-state index is 13.2. The first-order valence-electron chi connectivity index (χ1n) is 6.75. The zero-order valence-corrected chi connectivity index (χ0v) is 15.8. The summed E-state index contributed by atoms with van der Waals surface area (Å²) in [7, 11) is 0. The normalized spacial score (nSPS) is 18.6. The summed E-state index contributed by atoms with van der Waals surface area (Å²) in [4.78, 5) is 6.55. The number of aliphatic hydroxyl groups is 1. The van der Waals surface area contributed by atoms with Crippen molar-refractivity contribution in [1.29, 1.82) is 0 Å². The van der Waals surface area contributed by atoms with Crippen molar-refractivity contribution in [2.45, 2.75) is 26.0 Å². The van der Waals surface area contributed by atoms with E-state index < -0.39 is 0 Å². The summed E-state index contributed by atoms with van der Waals surface area (Å²) in [6.45, 7) is 4.54. The molecule has 0 amide bonds. The van der Waals surface area contributed by atoms with Gasteiger partial charge in [0.1, 0.15) is 5.82 Å². The smallest absolute Gasteiger partial charge is 0.194 e. The van der Waals surface area contributed by atoms with Crippen LogP contribution in [0.2, 0.25) is 0 Å². The van der Waals surface area contributed by atoms with Gasteiger partial charge in [-0.3, -0.25) is 0 Å². The molecule has 2 N–H and O–H groups in total. The monoisotopic (exact) mass is 471 g/mol. The first-order valence-corrected chi connectivity index (χ1v) is 7.54. The Bertz CT molecular complexity index is 501. The van der Waals surface area contributed by atoms with Crippen molar-refractivity contribution in [2.75, 3.05) is 19.6 Å². The number of rotatable bonds is 3. The molecule has 0 saturated carbocycles. The number of aliphatic imine (C=N–C) groups is 1. The fourth-order valence-electron chi connectivity index (χ4n) is 2.18. The third kappa shape index (κ3) is 5.37. The van der Waals surface area contributed by atoms with Gasteiger partial charge in [0, 0.05) is 24.1 Å². The number of guanidine groups is 1. The predicted molar refractivity (Wildman–Crippen MR) is 96.5 cm³/mol. The number of hydrogen-bond acceptors (Lipinski definition) is 2. The molecule has 1 aliphatic rings. The maximum Gasteiger partial charge on any atom is 0.194 e. The molecule has 118 valence electrons. The molecule has 1 aromatic rings. The first-order chi connectivity index (χ1) is 9.60. The van der Waals surface area contributed by atoms with Crippen molar-refractivity contribution >= 4 is 45.9 Å². The second-order valence-corrected chi connectivity index (χ2v) is 5.65. The molecule has 0 aromatic heterocycles. The Morgan fingerprint density at radius 2 is 2.33 bits per heavy atom. The van der Waals surface area contributed by atoms with Crippen molar-refractivity contribution < 1.29 is 9.50 Å². The lowest BCUT2D eigenvalue weighted by Crippen LogP contribution is -2.40. The van der Waals surface area contributed by atoms with Crippen LogP contribution in [-0.4, -0.2) is 41.7 Å². The molecular weight excluding hydrogens is 452 g/mol. The number of nitrogens with zero attached hydrogens (tertiary/aromatic N) is 2. The highest BCUT2D eigenvalue weighted by Gasteiger charge is 2.22. The molecule has 0 aliphatic carbocycles. The molecule has 1 saturated heterocycles. The molecule has 1 atom stereocenters. The number of nitrogens with one attached hydrogen (secondary N) is 1. The van der Waals surface area contributed by atoms with Crippen LogP contribution in [-0.2, 0) is 6.54 Å². The zero-order chi connectivity index (χ0) is 14.5. The van der Waals surface area contributed by atoms with Gasteiger partial charge in [0.05, 0.1) is 12.6 Å². The molecule has 1 aromatic carbocycles. The number of hydrogen-bond donors (Lipinski definition) is 2. The summed E-state index contributed by atoms with van der Waals surface area (Å²) < 4.78 is 14.1. The number of benzene rings is 1. The summed E-state index contributed by atoms with van der Waals surface area (Å²) >= 11 is 3.40. The van der Waals surface area contributed by atoms with Gasteiger partial charge in [0.2, 0.25) is 0 Å². The minimum Gasteiger partial charge on any atom is -0.391 e. The third-order valence-electron chi connectivity index (χ3n) is 3.20. The van der Waals surface area contributed by atoms with Crippen molar-refractivity contribution in [1.82, 2.24) is 10.2 Å². The Balaban J connectivity index is 0.00000220. The van der Waals surface area contributed by atoms with E-state index in [2.05, 4.69) is 26.2 Å². The highest BCUT2D eigenvalue weighted by molar-refractivity contribution is 14.0. The molecule has 0 bridgehead atoms. The molecule has 7 heteroatoms. The Labute approximate surface area is 150 Å². The van der Waals surface area contributed by atoms with Gasteiger partial charge in [-0.25, -0.2) is 9.38 Å². The minimum absolute atomic E-state index is 0. The maximum atomic E-state index is 13.2. The van der Waals surface area contributed by atoms with Gasteiger partial charge in [0.25, 0.3) is 0 Å². The quantitative estimate of drug-likeness (QED) is 0.405. The average molecular weight is 472 g/mol. The van der Waals surface area contributed by atoms with Crippen LogP contribution in [0.4, 0.5) is 4.39 Å². The Morgan fingerprint density at radius 1 is 1.57 bits per heavy atom. The van der Waals surface area contributed by atoms with Gasteiger partial charge >= 0.3 is 0 Å². The lowest BCUT2D eigenvalue weighted by atomic mass is 10.2. The molecule has 21 heavy (non-hydrogen) atoms. The first kappa shape index (κ1) is 18.6. The molecule has 1 aliphatic heterocycles. The molecule has 1 fully saturated rings. The van der Waals surface area contributed by atoms with Crippen LogP contribution < -0.4 is 5.32 Å².